The number of aliphatic hydroxyl groups is 1. The Morgan fingerprint density at radius 3 is 2.29 bits per heavy atom. The summed E-state index contributed by atoms with van der Waals surface area (Å²) in [7, 11) is 0. The maximum atomic E-state index is 13.0. The van der Waals surface area contributed by atoms with Gasteiger partial charge in [-0.25, -0.2) is 4.39 Å². The molecule has 1 aromatic rings. The van der Waals surface area contributed by atoms with E-state index in [1.165, 1.54) is 6.07 Å². The van der Waals surface area contributed by atoms with Gasteiger partial charge in [-0.2, -0.15) is 18.4 Å². The van der Waals surface area contributed by atoms with Crippen molar-refractivity contribution in [3.8, 4) is 6.07 Å². The lowest BCUT2D eigenvalue weighted by Crippen LogP contribution is -2.48. The summed E-state index contributed by atoms with van der Waals surface area (Å²) in [6.07, 6.45) is -5.05. The minimum Gasteiger partial charge on any atom is -0.375 e. The average molecular weight is 248 g/mol. The average Bonchev–Trinajstić information content (AvgIpc) is 2.25. The molecule has 0 bridgehead atoms. The SMILES string of the molecule is N#Cc1cc(F)cc(C(O)(CN)C(F)(F)F)c1. The van der Waals surface area contributed by atoms with Gasteiger partial charge in [0.25, 0.3) is 0 Å². The molecule has 3 nitrogen and oxygen atoms in total. The topological polar surface area (TPSA) is 70.0 Å². The number of hydrogen-bond donors (Lipinski definition) is 2. The molecule has 0 fully saturated rings. The van der Waals surface area contributed by atoms with E-state index >= 15 is 0 Å². The molecule has 92 valence electrons. The number of nitriles is 1. The fraction of sp³-hybridized carbons (Fsp3) is 0.300. The van der Waals surface area contributed by atoms with Gasteiger partial charge in [0.2, 0.25) is 0 Å². The van der Waals surface area contributed by atoms with Crippen LogP contribution < -0.4 is 5.73 Å². The second kappa shape index (κ2) is 4.31. The summed E-state index contributed by atoms with van der Waals surface area (Å²) >= 11 is 0. The molecule has 1 rings (SSSR count). The predicted octanol–water partition coefficient (Wildman–Crippen LogP) is 1.41. The lowest BCUT2D eigenvalue weighted by Gasteiger charge is -2.29. The standard InChI is InChI=1S/C10H8F4N2O/c11-8-2-6(4-15)1-7(3-8)9(17,5-16)10(12,13)14/h1-3,17H,5,16H2. The van der Waals surface area contributed by atoms with Crippen molar-refractivity contribution in [2.45, 2.75) is 11.8 Å². The summed E-state index contributed by atoms with van der Waals surface area (Å²) in [6.45, 7) is -1.16. The molecule has 0 aliphatic heterocycles. The van der Waals surface area contributed by atoms with Gasteiger partial charge in [-0.15, -0.1) is 0 Å². The molecule has 0 aromatic heterocycles. The molecular formula is C10H8F4N2O. The second-order valence-corrected chi connectivity index (χ2v) is 3.40. The minimum absolute atomic E-state index is 0.323. The highest BCUT2D eigenvalue weighted by Crippen LogP contribution is 2.38. The van der Waals surface area contributed by atoms with Crippen LogP contribution in [-0.2, 0) is 5.60 Å². The Morgan fingerprint density at radius 2 is 1.88 bits per heavy atom. The molecule has 0 heterocycles. The molecular weight excluding hydrogens is 240 g/mol. The molecule has 0 saturated carbocycles. The van der Waals surface area contributed by atoms with Gasteiger partial charge in [-0.05, 0) is 23.8 Å². The Morgan fingerprint density at radius 1 is 1.29 bits per heavy atom. The first-order valence-electron chi connectivity index (χ1n) is 4.45. The molecule has 0 radical (unpaired) electrons. The van der Waals surface area contributed by atoms with Crippen molar-refractivity contribution in [2.24, 2.45) is 5.73 Å². The van der Waals surface area contributed by atoms with E-state index in [-0.39, 0.29) is 5.56 Å². The fourth-order valence-corrected chi connectivity index (χ4v) is 1.29. The van der Waals surface area contributed by atoms with E-state index in [0.717, 1.165) is 12.1 Å². The van der Waals surface area contributed by atoms with Gasteiger partial charge in [0.15, 0.2) is 5.60 Å². The quantitative estimate of drug-likeness (QED) is 0.777. The van der Waals surface area contributed by atoms with Gasteiger partial charge in [-0.3, -0.25) is 0 Å². The Bertz CT molecular complexity index is 466. The number of hydrogen-bond acceptors (Lipinski definition) is 3. The number of nitrogens with zero attached hydrogens (tertiary/aromatic N) is 1. The monoisotopic (exact) mass is 248 g/mol. The van der Waals surface area contributed by atoms with Crippen molar-refractivity contribution in [2.75, 3.05) is 6.54 Å². The van der Waals surface area contributed by atoms with E-state index in [4.69, 9.17) is 11.0 Å². The molecule has 1 unspecified atom stereocenters. The van der Waals surface area contributed by atoms with Crippen LogP contribution in [-0.4, -0.2) is 17.8 Å². The van der Waals surface area contributed by atoms with Gasteiger partial charge in [-0.1, -0.05) is 0 Å². The zero-order valence-corrected chi connectivity index (χ0v) is 8.42. The highest BCUT2D eigenvalue weighted by molar-refractivity contribution is 5.37. The molecule has 0 spiro atoms. The minimum atomic E-state index is -5.05. The maximum Gasteiger partial charge on any atom is 0.422 e. The predicted molar refractivity (Wildman–Crippen MR) is 50.1 cm³/mol. The molecule has 7 heteroatoms. The van der Waals surface area contributed by atoms with Gasteiger partial charge >= 0.3 is 6.18 Å². The van der Waals surface area contributed by atoms with Crippen LogP contribution in [0.3, 0.4) is 0 Å². The Labute approximate surface area is 94.1 Å². The number of nitrogens with two attached hydrogens (primary N) is 1. The smallest absolute Gasteiger partial charge is 0.375 e. The van der Waals surface area contributed by atoms with Gasteiger partial charge in [0.1, 0.15) is 5.82 Å². The fourth-order valence-electron chi connectivity index (χ4n) is 1.29. The molecule has 0 aliphatic rings. The Balaban J connectivity index is 3.41. The summed E-state index contributed by atoms with van der Waals surface area (Å²) in [4.78, 5) is 0. The van der Waals surface area contributed by atoms with Gasteiger partial charge in [0.05, 0.1) is 11.6 Å². The van der Waals surface area contributed by atoms with E-state index in [0.29, 0.717) is 6.07 Å². The van der Waals surface area contributed by atoms with Crippen molar-refractivity contribution < 1.29 is 22.7 Å². The zero-order chi connectivity index (χ0) is 13.3. The van der Waals surface area contributed by atoms with Crippen molar-refractivity contribution >= 4 is 0 Å². The zero-order valence-electron chi connectivity index (χ0n) is 8.42. The van der Waals surface area contributed by atoms with E-state index < -0.39 is 29.7 Å². The van der Waals surface area contributed by atoms with E-state index in [1.807, 2.05) is 0 Å². The summed E-state index contributed by atoms with van der Waals surface area (Å²) in [5.41, 5.74) is 0.420. The molecule has 1 aromatic carbocycles. The van der Waals surface area contributed by atoms with Gasteiger partial charge < -0.3 is 10.8 Å². The van der Waals surface area contributed by atoms with Crippen molar-refractivity contribution in [3.63, 3.8) is 0 Å². The van der Waals surface area contributed by atoms with Crippen molar-refractivity contribution in [1.29, 1.82) is 5.26 Å². The maximum absolute atomic E-state index is 13.0. The largest absolute Gasteiger partial charge is 0.422 e. The molecule has 17 heavy (non-hydrogen) atoms. The van der Waals surface area contributed by atoms with Crippen LogP contribution in [0.2, 0.25) is 0 Å². The van der Waals surface area contributed by atoms with E-state index in [2.05, 4.69) is 0 Å². The van der Waals surface area contributed by atoms with Crippen LogP contribution in [0.25, 0.3) is 0 Å². The third kappa shape index (κ3) is 2.38. The highest BCUT2D eigenvalue weighted by Gasteiger charge is 2.54. The Kier molecular flexibility index (Phi) is 3.40. The van der Waals surface area contributed by atoms with Crippen LogP contribution in [0.1, 0.15) is 11.1 Å². The first-order valence-corrected chi connectivity index (χ1v) is 4.45. The molecule has 0 amide bonds. The number of rotatable bonds is 2. The summed E-state index contributed by atoms with van der Waals surface area (Å²) in [5, 5.41) is 18.0. The van der Waals surface area contributed by atoms with Crippen LogP contribution in [0, 0.1) is 17.1 Å². The number of benzene rings is 1. The molecule has 0 aliphatic carbocycles. The third-order valence-corrected chi connectivity index (χ3v) is 2.27. The first kappa shape index (κ1) is 13.4. The van der Waals surface area contributed by atoms with Crippen molar-refractivity contribution in [1.82, 2.24) is 0 Å². The van der Waals surface area contributed by atoms with Crippen LogP contribution in [0.5, 0.6) is 0 Å². The van der Waals surface area contributed by atoms with Gasteiger partial charge in [0, 0.05) is 6.54 Å². The lowest BCUT2D eigenvalue weighted by atomic mass is 9.92. The molecule has 0 saturated heterocycles. The lowest BCUT2D eigenvalue weighted by molar-refractivity contribution is -0.262. The van der Waals surface area contributed by atoms with Crippen LogP contribution >= 0.6 is 0 Å². The second-order valence-electron chi connectivity index (χ2n) is 3.40. The summed E-state index contributed by atoms with van der Waals surface area (Å²) in [6, 6.07) is 3.51. The van der Waals surface area contributed by atoms with Crippen molar-refractivity contribution in [3.05, 3.63) is 35.1 Å². The van der Waals surface area contributed by atoms with Crippen LogP contribution in [0.15, 0.2) is 18.2 Å². The molecule has 3 N–H and O–H groups in total. The van der Waals surface area contributed by atoms with Crippen LogP contribution in [0.4, 0.5) is 17.6 Å². The van der Waals surface area contributed by atoms with E-state index in [1.54, 1.807) is 0 Å². The Hall–Kier alpha value is -1.65. The molecule has 1 atom stereocenters. The third-order valence-electron chi connectivity index (χ3n) is 2.27. The first-order chi connectivity index (χ1) is 7.74. The number of halogens is 4. The number of alkyl halides is 3. The normalized spacial score (nSPS) is 15.1. The summed E-state index contributed by atoms with van der Waals surface area (Å²) in [5.74, 6) is -1.05. The summed E-state index contributed by atoms with van der Waals surface area (Å²) < 4.78 is 50.9. The highest BCUT2D eigenvalue weighted by atomic mass is 19.4. The van der Waals surface area contributed by atoms with E-state index in [9.17, 15) is 22.7 Å².